The maximum Gasteiger partial charge on any atom is 0.246 e. The fourth-order valence-electron chi connectivity index (χ4n) is 2.20. The molecule has 86 valence electrons. The van der Waals surface area contributed by atoms with Gasteiger partial charge >= 0.3 is 0 Å². The zero-order chi connectivity index (χ0) is 11.1. The Morgan fingerprint density at radius 2 is 2.00 bits per heavy atom. The van der Waals surface area contributed by atoms with Crippen LogP contribution >= 0.6 is 0 Å². The lowest BCUT2D eigenvalue weighted by molar-refractivity contribution is -0.117. The van der Waals surface area contributed by atoms with Crippen molar-refractivity contribution in [1.29, 1.82) is 0 Å². The highest BCUT2D eigenvalue weighted by Crippen LogP contribution is 2.28. The maximum absolute atomic E-state index is 11.6. The highest BCUT2D eigenvalue weighted by atomic mass is 16.1. The molecule has 1 N–H and O–H groups in total. The van der Waals surface area contributed by atoms with Gasteiger partial charge in [0, 0.05) is 12.1 Å². The van der Waals surface area contributed by atoms with Crippen LogP contribution < -0.4 is 5.32 Å². The van der Waals surface area contributed by atoms with Crippen molar-refractivity contribution in [3.63, 3.8) is 0 Å². The van der Waals surface area contributed by atoms with Gasteiger partial charge in [0.05, 0.1) is 0 Å². The van der Waals surface area contributed by atoms with Crippen molar-refractivity contribution in [2.24, 2.45) is 5.92 Å². The van der Waals surface area contributed by atoms with Gasteiger partial charge in [-0.2, -0.15) is 0 Å². The molecule has 0 aliphatic heterocycles. The molecule has 0 atom stereocenters. The summed E-state index contributed by atoms with van der Waals surface area (Å²) in [5.41, 5.74) is 0.773. The van der Waals surface area contributed by atoms with Crippen molar-refractivity contribution < 1.29 is 4.79 Å². The average molecular weight is 209 g/mol. The van der Waals surface area contributed by atoms with Crippen LogP contribution in [0.5, 0.6) is 0 Å². The molecule has 0 aromatic heterocycles. The molecule has 0 heterocycles. The van der Waals surface area contributed by atoms with E-state index in [0.717, 1.165) is 25.0 Å². The smallest absolute Gasteiger partial charge is 0.246 e. The van der Waals surface area contributed by atoms with Crippen LogP contribution in [0.25, 0.3) is 0 Å². The van der Waals surface area contributed by atoms with Crippen LogP contribution in [0.15, 0.2) is 12.2 Å². The van der Waals surface area contributed by atoms with Gasteiger partial charge in [0.2, 0.25) is 5.91 Å². The van der Waals surface area contributed by atoms with E-state index in [0.29, 0.717) is 5.92 Å². The van der Waals surface area contributed by atoms with Gasteiger partial charge < -0.3 is 5.32 Å². The van der Waals surface area contributed by atoms with Crippen LogP contribution in [0.3, 0.4) is 0 Å². The summed E-state index contributed by atoms with van der Waals surface area (Å²) in [6, 6.07) is 0. The first-order valence-corrected chi connectivity index (χ1v) is 6.20. The summed E-state index contributed by atoms with van der Waals surface area (Å²) in [5.74, 6) is 0.765. The number of carbonyl (C=O) groups excluding carboxylic acids is 1. The van der Waals surface area contributed by atoms with Crippen molar-refractivity contribution in [2.45, 2.75) is 51.9 Å². The number of amides is 1. The van der Waals surface area contributed by atoms with E-state index < -0.39 is 0 Å². The zero-order valence-corrected chi connectivity index (χ0v) is 9.85. The Balaban J connectivity index is 2.24. The molecule has 0 unspecified atom stereocenters. The van der Waals surface area contributed by atoms with E-state index in [1.807, 2.05) is 0 Å². The van der Waals surface area contributed by atoms with E-state index in [2.05, 4.69) is 18.8 Å². The number of nitrogens with one attached hydrogen (secondary N) is 1. The molecule has 1 rings (SSSR count). The van der Waals surface area contributed by atoms with Crippen molar-refractivity contribution in [3.8, 4) is 0 Å². The summed E-state index contributed by atoms with van der Waals surface area (Å²) >= 11 is 0. The molecule has 0 spiro atoms. The third kappa shape index (κ3) is 4.50. The molecule has 2 nitrogen and oxygen atoms in total. The summed E-state index contributed by atoms with van der Waals surface area (Å²) in [6.45, 7) is 6.72. The van der Waals surface area contributed by atoms with Gasteiger partial charge in [-0.05, 0) is 18.8 Å². The lowest BCUT2D eigenvalue weighted by Gasteiger charge is -2.21. The molecule has 0 aromatic rings. The molecule has 15 heavy (non-hydrogen) atoms. The van der Waals surface area contributed by atoms with Crippen LogP contribution in [0.1, 0.15) is 51.9 Å². The average Bonchev–Trinajstić information content (AvgIpc) is 2.27. The SMILES string of the molecule is C=C(CC1CCCCC1)C(=O)NCCC. The molecule has 0 aromatic carbocycles. The molecule has 0 saturated heterocycles. The van der Waals surface area contributed by atoms with Gasteiger partial charge in [0.1, 0.15) is 0 Å². The normalized spacial score (nSPS) is 17.4. The number of carbonyl (C=O) groups is 1. The number of rotatable bonds is 5. The van der Waals surface area contributed by atoms with Crippen molar-refractivity contribution >= 4 is 5.91 Å². The quantitative estimate of drug-likeness (QED) is 0.693. The standard InChI is InChI=1S/C13H23NO/c1-3-9-14-13(15)11(2)10-12-7-5-4-6-8-12/h12H,2-10H2,1H3,(H,14,15). The minimum atomic E-state index is 0.0578. The van der Waals surface area contributed by atoms with E-state index in [4.69, 9.17) is 0 Å². The van der Waals surface area contributed by atoms with E-state index in [1.54, 1.807) is 0 Å². The summed E-state index contributed by atoms with van der Waals surface area (Å²) in [7, 11) is 0. The first-order chi connectivity index (χ1) is 7.24. The largest absolute Gasteiger partial charge is 0.352 e. The summed E-state index contributed by atoms with van der Waals surface area (Å²) < 4.78 is 0. The fourth-order valence-corrected chi connectivity index (χ4v) is 2.20. The molecular formula is C13H23NO. The highest BCUT2D eigenvalue weighted by Gasteiger charge is 2.16. The number of hydrogen-bond acceptors (Lipinski definition) is 1. The molecule has 1 aliphatic carbocycles. The van der Waals surface area contributed by atoms with Gasteiger partial charge in [0.15, 0.2) is 0 Å². The first kappa shape index (κ1) is 12.3. The summed E-state index contributed by atoms with van der Waals surface area (Å²) in [6.07, 6.45) is 8.46. The van der Waals surface area contributed by atoms with Crippen LogP contribution in [-0.2, 0) is 4.79 Å². The minimum Gasteiger partial charge on any atom is -0.352 e. The van der Waals surface area contributed by atoms with E-state index in [9.17, 15) is 4.79 Å². The Labute approximate surface area is 93.1 Å². The molecule has 1 saturated carbocycles. The Hall–Kier alpha value is -0.790. The Kier molecular flexibility index (Phi) is 5.44. The zero-order valence-electron chi connectivity index (χ0n) is 9.85. The highest BCUT2D eigenvalue weighted by molar-refractivity contribution is 5.92. The van der Waals surface area contributed by atoms with Crippen LogP contribution in [0.4, 0.5) is 0 Å². The Bertz CT molecular complexity index is 217. The minimum absolute atomic E-state index is 0.0578. The predicted molar refractivity (Wildman–Crippen MR) is 63.6 cm³/mol. The van der Waals surface area contributed by atoms with E-state index >= 15 is 0 Å². The molecule has 0 bridgehead atoms. The second kappa shape index (κ2) is 6.65. The van der Waals surface area contributed by atoms with Gasteiger partial charge in [0.25, 0.3) is 0 Å². The van der Waals surface area contributed by atoms with Crippen LogP contribution in [0, 0.1) is 5.92 Å². The van der Waals surface area contributed by atoms with E-state index in [-0.39, 0.29) is 5.91 Å². The third-order valence-electron chi connectivity index (χ3n) is 3.12. The van der Waals surface area contributed by atoms with Gasteiger partial charge in [-0.3, -0.25) is 4.79 Å². The van der Waals surface area contributed by atoms with Crippen molar-refractivity contribution in [1.82, 2.24) is 5.32 Å². The predicted octanol–water partition coefficient (Wildman–Crippen LogP) is 3.04. The fraction of sp³-hybridized carbons (Fsp3) is 0.769. The lowest BCUT2D eigenvalue weighted by atomic mass is 9.85. The topological polar surface area (TPSA) is 29.1 Å². The van der Waals surface area contributed by atoms with Gasteiger partial charge in [-0.15, -0.1) is 0 Å². The maximum atomic E-state index is 11.6. The molecule has 1 amide bonds. The second-order valence-corrected chi connectivity index (χ2v) is 4.57. The van der Waals surface area contributed by atoms with Crippen molar-refractivity contribution in [2.75, 3.05) is 6.54 Å². The van der Waals surface area contributed by atoms with Crippen LogP contribution in [-0.4, -0.2) is 12.5 Å². The van der Waals surface area contributed by atoms with Gasteiger partial charge in [-0.1, -0.05) is 45.6 Å². The van der Waals surface area contributed by atoms with Gasteiger partial charge in [-0.25, -0.2) is 0 Å². The second-order valence-electron chi connectivity index (χ2n) is 4.57. The Morgan fingerprint density at radius 3 is 2.60 bits per heavy atom. The lowest BCUT2D eigenvalue weighted by Crippen LogP contribution is -2.26. The monoisotopic (exact) mass is 209 g/mol. The molecule has 0 radical (unpaired) electrons. The molecular weight excluding hydrogens is 186 g/mol. The molecule has 1 aliphatic rings. The van der Waals surface area contributed by atoms with E-state index in [1.165, 1.54) is 32.1 Å². The Morgan fingerprint density at radius 1 is 1.33 bits per heavy atom. The van der Waals surface area contributed by atoms with Crippen molar-refractivity contribution in [3.05, 3.63) is 12.2 Å². The summed E-state index contributed by atoms with van der Waals surface area (Å²) in [4.78, 5) is 11.6. The third-order valence-corrected chi connectivity index (χ3v) is 3.12. The first-order valence-electron chi connectivity index (χ1n) is 6.20. The summed E-state index contributed by atoms with van der Waals surface area (Å²) in [5, 5.41) is 2.88. The van der Waals surface area contributed by atoms with Crippen LogP contribution in [0.2, 0.25) is 0 Å². The number of hydrogen-bond donors (Lipinski definition) is 1. The molecule has 1 fully saturated rings. The molecule has 2 heteroatoms.